The van der Waals surface area contributed by atoms with Gasteiger partial charge in [-0.1, -0.05) is 17.3 Å². The van der Waals surface area contributed by atoms with Crippen LogP contribution in [0.3, 0.4) is 0 Å². The van der Waals surface area contributed by atoms with E-state index in [1.807, 2.05) is 17.5 Å². The van der Waals surface area contributed by atoms with Gasteiger partial charge in [-0.05, 0) is 23.9 Å². The van der Waals surface area contributed by atoms with Crippen molar-refractivity contribution in [3.63, 3.8) is 0 Å². The lowest BCUT2D eigenvalue weighted by Gasteiger charge is -2.04. The first-order chi connectivity index (χ1) is 12.1. The monoisotopic (exact) mass is 358 g/mol. The lowest BCUT2D eigenvalue weighted by molar-refractivity contribution is -0.384. The van der Waals surface area contributed by atoms with Crippen LogP contribution in [0.1, 0.15) is 18.7 Å². The van der Waals surface area contributed by atoms with Crippen LogP contribution in [0.25, 0.3) is 10.7 Å². The van der Waals surface area contributed by atoms with Crippen molar-refractivity contribution in [1.29, 1.82) is 0 Å². The Balaban J connectivity index is 1.48. The number of thiophene rings is 1. The topological polar surface area (TPSA) is 111 Å². The van der Waals surface area contributed by atoms with Crippen molar-refractivity contribution in [2.75, 3.05) is 5.32 Å². The van der Waals surface area contributed by atoms with Crippen LogP contribution < -0.4 is 5.32 Å². The standard InChI is InChI=1S/C16H14N4O4S/c21-14(17-11-4-1-5-12(10-11)20(22)23)7-2-8-15-18-16(19-24-15)13-6-3-9-25-13/h1,3-6,9-10H,2,7-8H2,(H,17,21). The van der Waals surface area contributed by atoms with Gasteiger partial charge in [-0.25, -0.2) is 0 Å². The van der Waals surface area contributed by atoms with E-state index in [4.69, 9.17) is 4.52 Å². The van der Waals surface area contributed by atoms with Crippen LogP contribution >= 0.6 is 11.3 Å². The van der Waals surface area contributed by atoms with Gasteiger partial charge in [0.2, 0.25) is 17.6 Å². The number of nitrogens with zero attached hydrogens (tertiary/aromatic N) is 3. The number of carbonyl (C=O) groups excluding carboxylic acids is 1. The van der Waals surface area contributed by atoms with E-state index >= 15 is 0 Å². The Kier molecular flexibility index (Phi) is 5.14. The summed E-state index contributed by atoms with van der Waals surface area (Å²) in [4.78, 5) is 27.4. The number of benzene rings is 1. The first-order valence-electron chi connectivity index (χ1n) is 7.52. The molecule has 0 aliphatic heterocycles. The smallest absolute Gasteiger partial charge is 0.271 e. The average molecular weight is 358 g/mol. The van der Waals surface area contributed by atoms with Gasteiger partial charge in [0.15, 0.2) is 0 Å². The minimum absolute atomic E-state index is 0.0650. The van der Waals surface area contributed by atoms with Crippen molar-refractivity contribution in [3.8, 4) is 10.7 Å². The molecule has 8 nitrogen and oxygen atoms in total. The van der Waals surface area contributed by atoms with Crippen LogP contribution in [0.5, 0.6) is 0 Å². The number of carbonyl (C=O) groups is 1. The third-order valence-electron chi connectivity index (χ3n) is 3.34. The second-order valence-corrected chi connectivity index (χ2v) is 6.15. The summed E-state index contributed by atoms with van der Waals surface area (Å²) in [5, 5.41) is 19.2. The predicted molar refractivity (Wildman–Crippen MR) is 92.3 cm³/mol. The van der Waals surface area contributed by atoms with Gasteiger partial charge in [-0.15, -0.1) is 11.3 Å². The minimum Gasteiger partial charge on any atom is -0.339 e. The van der Waals surface area contributed by atoms with E-state index in [9.17, 15) is 14.9 Å². The van der Waals surface area contributed by atoms with Gasteiger partial charge >= 0.3 is 0 Å². The molecule has 2 aromatic heterocycles. The number of nitro groups is 1. The SMILES string of the molecule is O=C(CCCc1nc(-c2cccs2)no1)Nc1cccc([N+](=O)[O-])c1. The summed E-state index contributed by atoms with van der Waals surface area (Å²) in [6.45, 7) is 0. The average Bonchev–Trinajstić information content (AvgIpc) is 3.26. The molecule has 1 amide bonds. The van der Waals surface area contributed by atoms with E-state index in [1.165, 1.54) is 29.5 Å². The van der Waals surface area contributed by atoms with Crippen LogP contribution in [0, 0.1) is 10.1 Å². The molecule has 0 bridgehead atoms. The van der Waals surface area contributed by atoms with Crippen LogP contribution in [0.15, 0.2) is 46.3 Å². The summed E-state index contributed by atoms with van der Waals surface area (Å²) >= 11 is 1.53. The number of aromatic nitrogens is 2. The molecule has 2 heterocycles. The highest BCUT2D eigenvalue weighted by Gasteiger charge is 2.11. The molecule has 0 unspecified atom stereocenters. The fraction of sp³-hybridized carbons (Fsp3) is 0.188. The van der Waals surface area contributed by atoms with Gasteiger partial charge in [-0.3, -0.25) is 14.9 Å². The van der Waals surface area contributed by atoms with E-state index in [0.29, 0.717) is 30.2 Å². The summed E-state index contributed by atoms with van der Waals surface area (Å²) in [6.07, 6.45) is 1.27. The zero-order valence-electron chi connectivity index (χ0n) is 13.0. The number of amides is 1. The highest BCUT2D eigenvalue weighted by molar-refractivity contribution is 7.13. The van der Waals surface area contributed by atoms with Crippen molar-refractivity contribution in [3.05, 3.63) is 57.8 Å². The highest BCUT2D eigenvalue weighted by atomic mass is 32.1. The maximum absolute atomic E-state index is 11.9. The lowest BCUT2D eigenvalue weighted by Crippen LogP contribution is -2.11. The normalized spacial score (nSPS) is 10.6. The van der Waals surface area contributed by atoms with E-state index in [1.54, 1.807) is 6.07 Å². The Morgan fingerprint density at radius 3 is 2.96 bits per heavy atom. The molecule has 3 rings (SSSR count). The summed E-state index contributed by atoms with van der Waals surface area (Å²) in [5.74, 6) is 0.802. The Labute approximate surface area is 146 Å². The van der Waals surface area contributed by atoms with Gasteiger partial charge in [-0.2, -0.15) is 4.98 Å². The lowest BCUT2D eigenvalue weighted by atomic mass is 10.2. The Hall–Kier alpha value is -3.07. The highest BCUT2D eigenvalue weighted by Crippen LogP contribution is 2.22. The molecule has 0 radical (unpaired) electrons. The molecule has 0 saturated carbocycles. The van der Waals surface area contributed by atoms with Gasteiger partial charge in [0.05, 0.1) is 9.80 Å². The van der Waals surface area contributed by atoms with Crippen molar-refractivity contribution < 1.29 is 14.2 Å². The molecule has 0 fully saturated rings. The fourth-order valence-electron chi connectivity index (χ4n) is 2.18. The van der Waals surface area contributed by atoms with Gasteiger partial charge in [0.25, 0.3) is 5.69 Å². The van der Waals surface area contributed by atoms with Gasteiger partial charge in [0, 0.05) is 30.7 Å². The molecule has 0 atom stereocenters. The molecule has 25 heavy (non-hydrogen) atoms. The molecular weight excluding hydrogens is 344 g/mol. The zero-order valence-corrected chi connectivity index (χ0v) is 13.9. The number of nitrogens with one attached hydrogen (secondary N) is 1. The first-order valence-corrected chi connectivity index (χ1v) is 8.40. The summed E-state index contributed by atoms with van der Waals surface area (Å²) in [6, 6.07) is 9.65. The zero-order chi connectivity index (χ0) is 17.6. The number of aryl methyl sites for hydroxylation is 1. The summed E-state index contributed by atoms with van der Waals surface area (Å²) in [5.41, 5.74) is 0.335. The third-order valence-corrected chi connectivity index (χ3v) is 4.21. The molecule has 0 aliphatic rings. The number of hydrogen-bond donors (Lipinski definition) is 1. The van der Waals surface area contributed by atoms with Crippen molar-refractivity contribution in [2.24, 2.45) is 0 Å². The second-order valence-electron chi connectivity index (χ2n) is 5.20. The van der Waals surface area contributed by atoms with Crippen LogP contribution in [0.4, 0.5) is 11.4 Å². The molecule has 0 spiro atoms. The molecule has 9 heteroatoms. The van der Waals surface area contributed by atoms with Crippen molar-refractivity contribution in [1.82, 2.24) is 10.1 Å². The maximum atomic E-state index is 11.9. The largest absolute Gasteiger partial charge is 0.339 e. The van der Waals surface area contributed by atoms with Crippen molar-refractivity contribution >= 4 is 28.6 Å². The van der Waals surface area contributed by atoms with Crippen LogP contribution in [-0.2, 0) is 11.2 Å². The minimum atomic E-state index is -0.504. The quantitative estimate of drug-likeness (QED) is 0.509. The van der Waals surface area contributed by atoms with Crippen molar-refractivity contribution in [2.45, 2.75) is 19.3 Å². The maximum Gasteiger partial charge on any atom is 0.271 e. The Morgan fingerprint density at radius 2 is 2.20 bits per heavy atom. The number of anilines is 1. The van der Waals surface area contributed by atoms with E-state index in [0.717, 1.165) is 4.88 Å². The molecule has 0 saturated heterocycles. The summed E-state index contributed by atoms with van der Waals surface area (Å²) in [7, 11) is 0. The molecule has 0 aliphatic carbocycles. The Morgan fingerprint density at radius 1 is 1.32 bits per heavy atom. The molecular formula is C16H14N4O4S. The number of non-ortho nitro benzene ring substituents is 1. The number of hydrogen-bond acceptors (Lipinski definition) is 7. The first kappa shape index (κ1) is 16.8. The predicted octanol–water partition coefficient (Wildman–Crippen LogP) is 3.67. The number of nitro benzene ring substituents is 1. The van der Waals surface area contributed by atoms with E-state index < -0.39 is 4.92 Å². The van der Waals surface area contributed by atoms with Gasteiger partial charge < -0.3 is 9.84 Å². The van der Waals surface area contributed by atoms with Crippen LogP contribution in [-0.4, -0.2) is 21.0 Å². The summed E-state index contributed by atoms with van der Waals surface area (Å²) < 4.78 is 5.17. The van der Waals surface area contributed by atoms with Gasteiger partial charge in [0.1, 0.15) is 0 Å². The molecule has 3 aromatic rings. The van der Waals surface area contributed by atoms with Crippen LogP contribution in [0.2, 0.25) is 0 Å². The third kappa shape index (κ3) is 4.48. The Bertz CT molecular complexity index is 876. The second kappa shape index (κ2) is 7.67. The molecule has 128 valence electrons. The number of rotatable bonds is 7. The molecule has 1 N–H and O–H groups in total. The fourth-order valence-corrected chi connectivity index (χ4v) is 2.83. The van der Waals surface area contributed by atoms with E-state index in [2.05, 4.69) is 15.5 Å². The van der Waals surface area contributed by atoms with E-state index in [-0.39, 0.29) is 18.0 Å². The molecule has 1 aromatic carbocycles.